The first-order valence-electron chi connectivity index (χ1n) is 6.76. The van der Waals surface area contributed by atoms with E-state index in [1.807, 2.05) is 26.0 Å². The molecule has 4 nitrogen and oxygen atoms in total. The highest BCUT2D eigenvalue weighted by atomic mass is 79.9. The lowest BCUT2D eigenvalue weighted by Crippen LogP contribution is -1.99. The molecule has 0 atom stereocenters. The quantitative estimate of drug-likeness (QED) is 0.767. The van der Waals surface area contributed by atoms with Crippen LogP contribution in [0.5, 0.6) is 11.6 Å². The van der Waals surface area contributed by atoms with Crippen LogP contribution in [-0.2, 0) is 6.42 Å². The SMILES string of the molecule is CCCc1nc(Br)cc(Oc2c(C)cc(C#N)cc2C)n1. The third kappa shape index (κ3) is 3.79. The normalized spacial score (nSPS) is 10.2. The van der Waals surface area contributed by atoms with Gasteiger partial charge in [0.2, 0.25) is 5.88 Å². The smallest absolute Gasteiger partial charge is 0.223 e. The summed E-state index contributed by atoms with van der Waals surface area (Å²) in [6, 6.07) is 7.51. The molecule has 0 aliphatic rings. The van der Waals surface area contributed by atoms with Crippen LogP contribution in [0.2, 0.25) is 0 Å². The van der Waals surface area contributed by atoms with Gasteiger partial charge in [-0.15, -0.1) is 0 Å². The standard InChI is InChI=1S/C16H16BrN3O/c1-4-5-14-19-13(17)8-15(20-14)21-16-10(2)6-12(9-18)7-11(16)3/h6-8H,4-5H2,1-3H3. The van der Waals surface area contributed by atoms with Crippen molar-refractivity contribution in [3.8, 4) is 17.7 Å². The summed E-state index contributed by atoms with van der Waals surface area (Å²) in [7, 11) is 0. The highest BCUT2D eigenvalue weighted by Gasteiger charge is 2.10. The molecule has 1 aromatic carbocycles. The zero-order chi connectivity index (χ0) is 15.4. The molecule has 2 rings (SSSR count). The van der Waals surface area contributed by atoms with Gasteiger partial charge in [0.25, 0.3) is 0 Å². The lowest BCUT2D eigenvalue weighted by molar-refractivity contribution is 0.450. The Bertz CT molecular complexity index is 684. The Hall–Kier alpha value is -1.93. The van der Waals surface area contributed by atoms with Crippen LogP contribution in [0.3, 0.4) is 0 Å². The number of halogens is 1. The van der Waals surface area contributed by atoms with Gasteiger partial charge >= 0.3 is 0 Å². The Balaban J connectivity index is 2.36. The van der Waals surface area contributed by atoms with E-state index in [1.165, 1.54) is 0 Å². The van der Waals surface area contributed by atoms with E-state index in [1.54, 1.807) is 6.07 Å². The molecule has 0 saturated carbocycles. The van der Waals surface area contributed by atoms with Crippen LogP contribution in [0.4, 0.5) is 0 Å². The summed E-state index contributed by atoms with van der Waals surface area (Å²) in [6.07, 6.45) is 1.78. The summed E-state index contributed by atoms with van der Waals surface area (Å²) in [4.78, 5) is 8.74. The topological polar surface area (TPSA) is 58.8 Å². The highest BCUT2D eigenvalue weighted by molar-refractivity contribution is 9.10. The number of aromatic nitrogens is 2. The summed E-state index contributed by atoms with van der Waals surface area (Å²) in [5, 5.41) is 8.98. The van der Waals surface area contributed by atoms with Gasteiger partial charge in [0, 0.05) is 12.5 Å². The molecule has 1 aromatic heterocycles. The van der Waals surface area contributed by atoms with E-state index in [0.29, 0.717) is 16.0 Å². The first kappa shape index (κ1) is 15.5. The number of benzene rings is 1. The van der Waals surface area contributed by atoms with E-state index in [-0.39, 0.29) is 0 Å². The van der Waals surface area contributed by atoms with Gasteiger partial charge in [0.05, 0.1) is 11.6 Å². The lowest BCUT2D eigenvalue weighted by Gasteiger charge is -2.12. The van der Waals surface area contributed by atoms with Crippen molar-refractivity contribution in [3.63, 3.8) is 0 Å². The molecule has 0 aliphatic heterocycles. The first-order valence-corrected chi connectivity index (χ1v) is 7.55. The fourth-order valence-corrected chi connectivity index (χ4v) is 2.51. The van der Waals surface area contributed by atoms with E-state index < -0.39 is 0 Å². The van der Waals surface area contributed by atoms with Gasteiger partial charge in [-0.25, -0.2) is 4.98 Å². The molecular formula is C16H16BrN3O. The van der Waals surface area contributed by atoms with Crippen molar-refractivity contribution in [1.29, 1.82) is 5.26 Å². The van der Waals surface area contributed by atoms with Gasteiger partial charge in [0.15, 0.2) is 0 Å². The summed E-state index contributed by atoms with van der Waals surface area (Å²) in [5.41, 5.74) is 2.46. The molecule has 21 heavy (non-hydrogen) atoms. The maximum Gasteiger partial charge on any atom is 0.223 e. The van der Waals surface area contributed by atoms with Crippen molar-refractivity contribution in [2.45, 2.75) is 33.6 Å². The van der Waals surface area contributed by atoms with E-state index >= 15 is 0 Å². The van der Waals surface area contributed by atoms with Gasteiger partial charge in [-0.1, -0.05) is 6.92 Å². The molecule has 1 heterocycles. The number of nitrogens with zero attached hydrogens (tertiary/aromatic N) is 3. The van der Waals surface area contributed by atoms with Crippen LogP contribution < -0.4 is 4.74 Å². The average molecular weight is 346 g/mol. The molecule has 0 fully saturated rings. The van der Waals surface area contributed by atoms with Gasteiger partial charge in [-0.3, -0.25) is 0 Å². The number of ether oxygens (including phenoxy) is 1. The van der Waals surface area contributed by atoms with Gasteiger partial charge in [-0.2, -0.15) is 10.2 Å². The second-order valence-corrected chi connectivity index (χ2v) is 5.66. The first-order chi connectivity index (χ1) is 10.0. The minimum Gasteiger partial charge on any atom is -0.438 e. The van der Waals surface area contributed by atoms with Gasteiger partial charge in [-0.05, 0) is 59.5 Å². The minimum atomic E-state index is 0.510. The Labute approximate surface area is 132 Å². The van der Waals surface area contributed by atoms with Crippen molar-refractivity contribution in [3.05, 3.63) is 45.3 Å². The average Bonchev–Trinajstić information content (AvgIpc) is 2.42. The molecular weight excluding hydrogens is 330 g/mol. The monoisotopic (exact) mass is 345 g/mol. The van der Waals surface area contributed by atoms with Crippen molar-refractivity contribution in [1.82, 2.24) is 9.97 Å². The van der Waals surface area contributed by atoms with Crippen LogP contribution in [0.15, 0.2) is 22.8 Å². The molecule has 0 unspecified atom stereocenters. The summed E-state index contributed by atoms with van der Waals surface area (Å²) < 4.78 is 6.62. The molecule has 108 valence electrons. The molecule has 0 N–H and O–H groups in total. The van der Waals surface area contributed by atoms with Crippen molar-refractivity contribution in [2.24, 2.45) is 0 Å². The molecule has 0 bridgehead atoms. The van der Waals surface area contributed by atoms with Crippen LogP contribution in [0.25, 0.3) is 0 Å². The Morgan fingerprint density at radius 3 is 2.43 bits per heavy atom. The van der Waals surface area contributed by atoms with Crippen LogP contribution >= 0.6 is 15.9 Å². The Kier molecular flexibility index (Phi) is 4.92. The van der Waals surface area contributed by atoms with Crippen LogP contribution in [0, 0.1) is 25.2 Å². The van der Waals surface area contributed by atoms with E-state index in [4.69, 9.17) is 10.00 Å². The number of nitriles is 1. The maximum atomic E-state index is 8.98. The van der Waals surface area contributed by atoms with Gasteiger partial charge < -0.3 is 4.74 Å². The molecule has 0 radical (unpaired) electrons. The van der Waals surface area contributed by atoms with Crippen LogP contribution in [-0.4, -0.2) is 9.97 Å². The fourth-order valence-electron chi connectivity index (χ4n) is 2.11. The van der Waals surface area contributed by atoms with Crippen molar-refractivity contribution in [2.75, 3.05) is 0 Å². The highest BCUT2D eigenvalue weighted by Crippen LogP contribution is 2.29. The third-order valence-electron chi connectivity index (χ3n) is 2.99. The Morgan fingerprint density at radius 2 is 1.86 bits per heavy atom. The number of rotatable bonds is 4. The predicted molar refractivity (Wildman–Crippen MR) is 84.4 cm³/mol. The molecule has 0 spiro atoms. The van der Waals surface area contributed by atoms with Crippen molar-refractivity contribution >= 4 is 15.9 Å². The third-order valence-corrected chi connectivity index (χ3v) is 3.39. The van der Waals surface area contributed by atoms with E-state index in [9.17, 15) is 0 Å². The van der Waals surface area contributed by atoms with E-state index in [0.717, 1.165) is 35.5 Å². The Morgan fingerprint density at radius 1 is 1.19 bits per heavy atom. The van der Waals surface area contributed by atoms with Crippen LogP contribution in [0.1, 0.15) is 35.9 Å². The zero-order valence-electron chi connectivity index (χ0n) is 12.3. The molecule has 5 heteroatoms. The van der Waals surface area contributed by atoms with Gasteiger partial charge in [0.1, 0.15) is 16.2 Å². The minimum absolute atomic E-state index is 0.510. The summed E-state index contributed by atoms with van der Waals surface area (Å²) in [6.45, 7) is 5.93. The predicted octanol–water partition coefficient (Wildman–Crippen LogP) is 4.47. The second-order valence-electron chi connectivity index (χ2n) is 4.85. The molecule has 0 saturated heterocycles. The lowest BCUT2D eigenvalue weighted by atomic mass is 10.1. The largest absolute Gasteiger partial charge is 0.438 e. The summed E-state index contributed by atoms with van der Waals surface area (Å²) >= 11 is 3.38. The molecule has 0 aliphatic carbocycles. The molecule has 2 aromatic rings. The number of hydrogen-bond acceptors (Lipinski definition) is 4. The molecule has 0 amide bonds. The number of aryl methyl sites for hydroxylation is 3. The zero-order valence-corrected chi connectivity index (χ0v) is 13.9. The second kappa shape index (κ2) is 6.68. The van der Waals surface area contributed by atoms with E-state index in [2.05, 4.69) is 38.9 Å². The number of hydrogen-bond donors (Lipinski definition) is 0. The fraction of sp³-hybridized carbons (Fsp3) is 0.312. The van der Waals surface area contributed by atoms with Crippen molar-refractivity contribution < 1.29 is 4.74 Å². The summed E-state index contributed by atoms with van der Waals surface area (Å²) in [5.74, 6) is 2.00. The maximum absolute atomic E-state index is 8.98.